The van der Waals surface area contributed by atoms with E-state index in [0.717, 1.165) is 22.1 Å². The molecule has 0 heterocycles. The highest BCUT2D eigenvalue weighted by Crippen LogP contribution is 2.09. The molecule has 0 unspecified atom stereocenters. The Labute approximate surface area is 273 Å². The lowest BCUT2D eigenvalue weighted by Gasteiger charge is -2.23. The zero-order chi connectivity index (χ0) is 34.7. The number of ether oxygens (including phenoxy) is 4. The van der Waals surface area contributed by atoms with Crippen LogP contribution in [-0.2, 0) is 33.3 Å². The predicted octanol–water partition coefficient (Wildman–Crippen LogP) is -1.05. The molecule has 0 amide bonds. The number of carbonyl (C=O) groups is 5. The Morgan fingerprint density at radius 1 is 0.600 bits per heavy atom. The molecule has 0 aromatic heterocycles. The molecule has 0 aliphatic heterocycles. The van der Waals surface area contributed by atoms with Crippen molar-refractivity contribution in [2.45, 2.75) is 20.8 Å². The van der Waals surface area contributed by atoms with Gasteiger partial charge in [0.25, 0.3) is 0 Å². The highest BCUT2D eigenvalue weighted by atomic mass is 35.5. The number of halogens is 1. The van der Waals surface area contributed by atoms with Crippen LogP contribution >= 0.6 is 0 Å². The van der Waals surface area contributed by atoms with Gasteiger partial charge >= 0.3 is 23.9 Å². The summed E-state index contributed by atoms with van der Waals surface area (Å²) < 4.78 is 21.0. The minimum Gasteiger partial charge on any atom is -1.00 e. The number of carbonyl (C=O) groups excluding carboxylic acids is 5. The first-order valence-corrected chi connectivity index (χ1v) is 13.6. The molecule has 0 saturated carbocycles. The molecule has 0 spiro atoms. The summed E-state index contributed by atoms with van der Waals surface area (Å²) in [5, 5.41) is 10.8. The molecule has 0 aliphatic carbocycles. The monoisotopic (exact) mass is 656 g/mol. The lowest BCUT2D eigenvalue weighted by Crippen LogP contribution is -3.00. The molecule has 1 aromatic rings. The number of nitrogens with zero attached hydrogens (tertiary/aromatic N) is 2. The van der Waals surface area contributed by atoms with Gasteiger partial charge in [-0.2, -0.15) is 0 Å². The quantitative estimate of drug-likeness (QED) is 0.0800. The van der Waals surface area contributed by atoms with E-state index in [1.54, 1.807) is 13.8 Å². The standard InChI is InChI=1S/C14H14O6.2C9H18NO2.ClH/c1-9(2)13(17)19-7-8-20-14(18)11-6-4-3-5-10(11)12(15)16;2*1-8(2)9(11)12-7-6-10(3,4)5;/h3-6H,1,7-8H2,2H3,(H,15,16);2*1,6-7H2,2-5H3;1H/q;2*+1;/p-2. The van der Waals surface area contributed by atoms with Crippen LogP contribution in [0.1, 0.15) is 41.5 Å². The van der Waals surface area contributed by atoms with Gasteiger partial charge in [-0.05, 0) is 26.8 Å². The van der Waals surface area contributed by atoms with Gasteiger partial charge in [0.05, 0.1) is 53.8 Å². The predicted molar refractivity (Wildman–Crippen MR) is 164 cm³/mol. The Balaban J connectivity index is -0.000000616. The van der Waals surface area contributed by atoms with E-state index in [2.05, 4.69) is 62.0 Å². The van der Waals surface area contributed by atoms with E-state index in [1.807, 2.05) is 0 Å². The van der Waals surface area contributed by atoms with Crippen LogP contribution in [0.15, 0.2) is 60.7 Å². The lowest BCUT2D eigenvalue weighted by molar-refractivity contribution is -0.870. The molecule has 0 fully saturated rings. The van der Waals surface area contributed by atoms with E-state index < -0.39 is 17.9 Å². The van der Waals surface area contributed by atoms with Crippen LogP contribution in [0.5, 0.6) is 0 Å². The molecular weight excluding hydrogens is 608 g/mol. The Morgan fingerprint density at radius 3 is 1.22 bits per heavy atom. The molecule has 0 N–H and O–H groups in total. The summed E-state index contributed by atoms with van der Waals surface area (Å²) in [6, 6.07) is 5.53. The van der Waals surface area contributed by atoms with Gasteiger partial charge in [-0.3, -0.25) is 0 Å². The van der Waals surface area contributed by atoms with Crippen molar-refractivity contribution in [3.63, 3.8) is 0 Å². The molecule has 0 saturated heterocycles. The van der Waals surface area contributed by atoms with Gasteiger partial charge in [-0.1, -0.05) is 37.9 Å². The number of hydrogen-bond donors (Lipinski definition) is 0. The third-order valence-corrected chi connectivity index (χ3v) is 4.95. The third-order valence-electron chi connectivity index (χ3n) is 4.95. The van der Waals surface area contributed by atoms with Crippen LogP contribution in [-0.4, -0.2) is 121 Å². The van der Waals surface area contributed by atoms with Gasteiger partial charge < -0.3 is 50.2 Å². The molecule has 0 radical (unpaired) electrons. The van der Waals surface area contributed by atoms with Crippen molar-refractivity contribution in [3.8, 4) is 0 Å². The summed E-state index contributed by atoms with van der Waals surface area (Å²) in [7, 11) is 12.3. The molecular formula is C32H49ClN2O10. The minimum atomic E-state index is -1.47. The number of benzene rings is 1. The van der Waals surface area contributed by atoms with Crippen molar-refractivity contribution in [3.05, 3.63) is 71.8 Å². The topological polar surface area (TPSA) is 145 Å². The Bertz CT molecular complexity index is 1140. The van der Waals surface area contributed by atoms with Gasteiger partial charge in [0.2, 0.25) is 0 Å². The van der Waals surface area contributed by atoms with E-state index in [4.69, 9.17) is 18.9 Å². The second kappa shape index (κ2) is 22.5. The normalized spacial score (nSPS) is 10.2. The van der Waals surface area contributed by atoms with Crippen LogP contribution in [0.4, 0.5) is 0 Å². The van der Waals surface area contributed by atoms with E-state index >= 15 is 0 Å². The number of carboxylic acids is 1. The Kier molecular flexibility index (Phi) is 22.7. The largest absolute Gasteiger partial charge is 1.00 e. The molecule has 1 rings (SSSR count). The van der Waals surface area contributed by atoms with Gasteiger partial charge in [-0.15, -0.1) is 0 Å². The van der Waals surface area contributed by atoms with Gasteiger partial charge in [-0.25, -0.2) is 19.2 Å². The summed E-state index contributed by atoms with van der Waals surface area (Å²) in [5.41, 5.74) is 0.779. The highest BCUT2D eigenvalue weighted by molar-refractivity contribution is 6.01. The fourth-order valence-corrected chi connectivity index (χ4v) is 2.38. The first kappa shape index (κ1) is 45.4. The fraction of sp³-hybridized carbons (Fsp3) is 0.469. The molecule has 254 valence electrons. The SMILES string of the molecule is C=C(C)C(=O)OCCOC(=O)c1ccccc1C(=O)[O-].C=C(C)C(=O)OCC[N+](C)(C)C.C=C(C)C(=O)OCC[N+](C)(C)C.[Cl-]. The summed E-state index contributed by atoms with van der Waals surface area (Å²) in [6.45, 7) is 17.4. The molecule has 45 heavy (non-hydrogen) atoms. The number of rotatable bonds is 14. The number of aromatic carboxylic acids is 1. The molecule has 13 heteroatoms. The zero-order valence-electron chi connectivity index (χ0n) is 28.0. The van der Waals surface area contributed by atoms with Crippen LogP contribution in [0.2, 0.25) is 0 Å². The number of esters is 4. The van der Waals surface area contributed by atoms with Crippen LogP contribution in [0, 0.1) is 0 Å². The fourth-order valence-electron chi connectivity index (χ4n) is 2.38. The first-order chi connectivity index (χ1) is 20.1. The highest BCUT2D eigenvalue weighted by Gasteiger charge is 2.13. The maximum absolute atomic E-state index is 11.7. The first-order valence-electron chi connectivity index (χ1n) is 13.6. The summed E-state index contributed by atoms with van der Waals surface area (Å²) >= 11 is 0. The van der Waals surface area contributed by atoms with Gasteiger partial charge in [0.15, 0.2) is 0 Å². The molecule has 0 aliphatic rings. The second-order valence-corrected chi connectivity index (χ2v) is 11.7. The molecule has 0 bridgehead atoms. The van der Waals surface area contributed by atoms with Crippen molar-refractivity contribution in [2.75, 3.05) is 81.8 Å². The van der Waals surface area contributed by atoms with Crippen molar-refractivity contribution >= 4 is 29.8 Å². The number of likely N-dealkylation sites (N-methyl/N-ethyl adjacent to an activating group) is 2. The minimum absolute atomic E-state index is 0. The van der Waals surface area contributed by atoms with E-state index in [-0.39, 0.29) is 54.3 Å². The summed E-state index contributed by atoms with van der Waals surface area (Å²) in [4.78, 5) is 55.4. The van der Waals surface area contributed by atoms with Crippen molar-refractivity contribution in [2.24, 2.45) is 0 Å². The van der Waals surface area contributed by atoms with Crippen LogP contribution in [0.25, 0.3) is 0 Å². The number of quaternary nitrogens is 2. The average Bonchev–Trinajstić information content (AvgIpc) is 2.89. The summed E-state index contributed by atoms with van der Waals surface area (Å²) in [6.07, 6.45) is 0. The van der Waals surface area contributed by atoms with E-state index in [0.29, 0.717) is 24.4 Å². The van der Waals surface area contributed by atoms with Crippen LogP contribution in [0.3, 0.4) is 0 Å². The Morgan fingerprint density at radius 2 is 0.911 bits per heavy atom. The van der Waals surface area contributed by atoms with Crippen molar-refractivity contribution < 1.29 is 69.4 Å². The molecule has 0 atom stereocenters. The second-order valence-electron chi connectivity index (χ2n) is 11.7. The molecule has 1 aromatic carbocycles. The number of carboxylic acid groups (broad SMARTS) is 1. The van der Waals surface area contributed by atoms with E-state index in [9.17, 15) is 29.1 Å². The third kappa shape index (κ3) is 25.1. The zero-order valence-corrected chi connectivity index (χ0v) is 28.8. The van der Waals surface area contributed by atoms with Crippen molar-refractivity contribution in [1.29, 1.82) is 0 Å². The Hall–Kier alpha value is -4.00. The van der Waals surface area contributed by atoms with Gasteiger partial charge in [0.1, 0.15) is 39.5 Å². The lowest BCUT2D eigenvalue weighted by atomic mass is 10.1. The van der Waals surface area contributed by atoms with E-state index in [1.165, 1.54) is 31.2 Å². The number of hydrogen-bond acceptors (Lipinski definition) is 10. The summed E-state index contributed by atoms with van der Waals surface area (Å²) in [5.74, 6) is -3.48. The maximum Gasteiger partial charge on any atom is 0.338 e. The smallest absolute Gasteiger partial charge is 0.338 e. The van der Waals surface area contributed by atoms with Gasteiger partial charge in [0, 0.05) is 22.3 Å². The van der Waals surface area contributed by atoms with Crippen molar-refractivity contribution in [1.82, 2.24) is 0 Å². The van der Waals surface area contributed by atoms with Crippen LogP contribution < -0.4 is 17.5 Å². The molecule has 12 nitrogen and oxygen atoms in total. The average molecular weight is 657 g/mol. The maximum atomic E-state index is 11.7.